The van der Waals surface area contributed by atoms with E-state index in [1.807, 2.05) is 0 Å². The topological polar surface area (TPSA) is 23.5 Å². The number of aliphatic hydroxyl groups excluding tert-OH is 1. The van der Waals surface area contributed by atoms with Gasteiger partial charge in [0.1, 0.15) is 0 Å². The summed E-state index contributed by atoms with van der Waals surface area (Å²) in [5, 5.41) is 9.80. The number of aliphatic hydroxyl groups is 1. The molecule has 0 amide bonds. The first-order valence-electron chi connectivity index (χ1n) is 5.96. The Morgan fingerprint density at radius 3 is 2.64 bits per heavy atom. The number of rotatable bonds is 4. The van der Waals surface area contributed by atoms with Crippen molar-refractivity contribution in [3.63, 3.8) is 0 Å². The van der Waals surface area contributed by atoms with Gasteiger partial charge in [-0.1, -0.05) is 33.6 Å². The maximum absolute atomic E-state index is 9.80. The molecule has 1 saturated heterocycles. The van der Waals surface area contributed by atoms with Crippen molar-refractivity contribution in [2.24, 2.45) is 5.41 Å². The lowest BCUT2D eigenvalue weighted by Crippen LogP contribution is -2.48. The third-order valence-electron chi connectivity index (χ3n) is 3.33. The molecule has 1 aliphatic heterocycles. The molecule has 0 aromatic heterocycles. The van der Waals surface area contributed by atoms with Crippen molar-refractivity contribution in [1.82, 2.24) is 4.90 Å². The SMILES string of the molecule is CCCCCN1CCC(O)C(C)(C)C1. The first-order valence-corrected chi connectivity index (χ1v) is 5.96. The molecule has 1 N–H and O–H groups in total. The van der Waals surface area contributed by atoms with Gasteiger partial charge in [-0.3, -0.25) is 0 Å². The number of unbranched alkanes of at least 4 members (excludes halogenated alkanes) is 2. The molecule has 1 unspecified atom stereocenters. The van der Waals surface area contributed by atoms with Gasteiger partial charge in [-0.15, -0.1) is 0 Å². The van der Waals surface area contributed by atoms with Gasteiger partial charge in [-0.05, 0) is 19.4 Å². The highest BCUT2D eigenvalue weighted by atomic mass is 16.3. The van der Waals surface area contributed by atoms with Crippen LogP contribution in [0.2, 0.25) is 0 Å². The molecule has 1 heterocycles. The van der Waals surface area contributed by atoms with Crippen LogP contribution in [0.25, 0.3) is 0 Å². The Hall–Kier alpha value is -0.0800. The van der Waals surface area contributed by atoms with Crippen molar-refractivity contribution in [1.29, 1.82) is 0 Å². The first kappa shape index (κ1) is 12.0. The summed E-state index contributed by atoms with van der Waals surface area (Å²) in [4.78, 5) is 2.50. The van der Waals surface area contributed by atoms with Gasteiger partial charge < -0.3 is 10.0 Å². The van der Waals surface area contributed by atoms with Crippen molar-refractivity contribution >= 4 is 0 Å². The number of piperidine rings is 1. The van der Waals surface area contributed by atoms with E-state index in [9.17, 15) is 5.11 Å². The zero-order chi connectivity index (χ0) is 10.6. The maximum atomic E-state index is 9.80. The van der Waals surface area contributed by atoms with Crippen LogP contribution in [-0.4, -0.2) is 35.7 Å². The predicted octanol–water partition coefficient (Wildman–Crippen LogP) is 2.27. The molecule has 0 aromatic rings. The lowest BCUT2D eigenvalue weighted by molar-refractivity contribution is -0.0246. The third kappa shape index (κ3) is 3.25. The summed E-state index contributed by atoms with van der Waals surface area (Å²) in [6.07, 6.45) is 4.77. The zero-order valence-electron chi connectivity index (χ0n) is 9.92. The lowest BCUT2D eigenvalue weighted by Gasteiger charge is -2.41. The van der Waals surface area contributed by atoms with E-state index in [-0.39, 0.29) is 11.5 Å². The molecule has 0 aliphatic carbocycles. The highest BCUT2D eigenvalue weighted by molar-refractivity contribution is 4.86. The van der Waals surface area contributed by atoms with Gasteiger partial charge in [-0.25, -0.2) is 0 Å². The van der Waals surface area contributed by atoms with E-state index in [4.69, 9.17) is 0 Å². The summed E-state index contributed by atoms with van der Waals surface area (Å²) in [5.41, 5.74) is 0.0878. The molecule has 0 bridgehead atoms. The van der Waals surface area contributed by atoms with E-state index >= 15 is 0 Å². The molecular weight excluding hydrogens is 174 g/mol. The van der Waals surface area contributed by atoms with Crippen LogP contribution in [0.5, 0.6) is 0 Å². The normalized spacial score (nSPS) is 27.9. The smallest absolute Gasteiger partial charge is 0.0615 e. The second-order valence-corrected chi connectivity index (χ2v) is 5.28. The summed E-state index contributed by atoms with van der Waals surface area (Å²) in [6.45, 7) is 9.92. The van der Waals surface area contributed by atoms with Crippen LogP contribution in [-0.2, 0) is 0 Å². The monoisotopic (exact) mass is 199 g/mol. The number of hydrogen-bond acceptors (Lipinski definition) is 2. The molecule has 2 nitrogen and oxygen atoms in total. The molecule has 14 heavy (non-hydrogen) atoms. The van der Waals surface area contributed by atoms with Crippen molar-refractivity contribution in [2.75, 3.05) is 19.6 Å². The summed E-state index contributed by atoms with van der Waals surface area (Å²) < 4.78 is 0. The van der Waals surface area contributed by atoms with E-state index in [1.165, 1.54) is 25.8 Å². The largest absolute Gasteiger partial charge is 0.392 e. The van der Waals surface area contributed by atoms with Gasteiger partial charge in [0.2, 0.25) is 0 Å². The first-order chi connectivity index (χ1) is 6.56. The van der Waals surface area contributed by atoms with Gasteiger partial charge in [0, 0.05) is 18.5 Å². The summed E-state index contributed by atoms with van der Waals surface area (Å²) in [6, 6.07) is 0. The molecule has 1 aliphatic rings. The average molecular weight is 199 g/mol. The molecular formula is C12H25NO. The summed E-state index contributed by atoms with van der Waals surface area (Å²) in [5.74, 6) is 0. The molecule has 1 fully saturated rings. The lowest BCUT2D eigenvalue weighted by atomic mass is 9.81. The highest BCUT2D eigenvalue weighted by Gasteiger charge is 2.33. The third-order valence-corrected chi connectivity index (χ3v) is 3.33. The minimum atomic E-state index is -0.107. The molecule has 84 valence electrons. The standard InChI is InChI=1S/C12H25NO/c1-4-5-6-8-13-9-7-11(14)12(2,3)10-13/h11,14H,4-10H2,1-3H3. The Kier molecular flexibility index (Phi) is 4.39. The van der Waals surface area contributed by atoms with Crippen LogP contribution in [0.15, 0.2) is 0 Å². The fourth-order valence-electron chi connectivity index (χ4n) is 2.23. The molecule has 1 atom stereocenters. The zero-order valence-corrected chi connectivity index (χ0v) is 9.92. The van der Waals surface area contributed by atoms with E-state index < -0.39 is 0 Å². The Morgan fingerprint density at radius 1 is 1.36 bits per heavy atom. The predicted molar refractivity (Wildman–Crippen MR) is 60.4 cm³/mol. The van der Waals surface area contributed by atoms with Crippen LogP contribution in [0, 0.1) is 5.41 Å². The Bertz CT molecular complexity index is 168. The van der Waals surface area contributed by atoms with Crippen LogP contribution in [0.4, 0.5) is 0 Å². The fraction of sp³-hybridized carbons (Fsp3) is 1.00. The van der Waals surface area contributed by atoms with Crippen molar-refractivity contribution in [3.8, 4) is 0 Å². The Labute approximate surface area is 88.3 Å². The van der Waals surface area contributed by atoms with Crippen LogP contribution in [0.3, 0.4) is 0 Å². The van der Waals surface area contributed by atoms with Crippen molar-refractivity contribution in [3.05, 3.63) is 0 Å². The van der Waals surface area contributed by atoms with Gasteiger partial charge in [0.05, 0.1) is 6.10 Å². The minimum absolute atomic E-state index is 0.0878. The second kappa shape index (κ2) is 5.13. The van der Waals surface area contributed by atoms with Gasteiger partial charge in [0.15, 0.2) is 0 Å². The Balaban J connectivity index is 2.29. The maximum Gasteiger partial charge on any atom is 0.0615 e. The number of likely N-dealkylation sites (tertiary alicyclic amines) is 1. The molecule has 0 spiro atoms. The van der Waals surface area contributed by atoms with Crippen molar-refractivity contribution in [2.45, 2.75) is 52.6 Å². The van der Waals surface area contributed by atoms with E-state index in [0.29, 0.717) is 0 Å². The van der Waals surface area contributed by atoms with Crippen molar-refractivity contribution < 1.29 is 5.11 Å². The fourth-order valence-corrected chi connectivity index (χ4v) is 2.23. The van der Waals surface area contributed by atoms with E-state index in [0.717, 1.165) is 19.5 Å². The number of nitrogens with zero attached hydrogens (tertiary/aromatic N) is 1. The van der Waals surface area contributed by atoms with E-state index in [2.05, 4.69) is 25.7 Å². The summed E-state index contributed by atoms with van der Waals surface area (Å²) >= 11 is 0. The van der Waals surface area contributed by atoms with Crippen LogP contribution < -0.4 is 0 Å². The molecule has 2 heteroatoms. The van der Waals surface area contributed by atoms with Crippen LogP contribution in [0.1, 0.15) is 46.5 Å². The molecule has 0 radical (unpaired) electrons. The molecule has 1 rings (SSSR count). The van der Waals surface area contributed by atoms with Gasteiger partial charge >= 0.3 is 0 Å². The Morgan fingerprint density at radius 2 is 2.07 bits per heavy atom. The summed E-state index contributed by atoms with van der Waals surface area (Å²) in [7, 11) is 0. The molecule has 0 aromatic carbocycles. The average Bonchev–Trinajstić information content (AvgIpc) is 2.11. The highest BCUT2D eigenvalue weighted by Crippen LogP contribution is 2.29. The van der Waals surface area contributed by atoms with Crippen LogP contribution >= 0.6 is 0 Å². The number of hydrogen-bond donors (Lipinski definition) is 1. The van der Waals surface area contributed by atoms with Gasteiger partial charge in [-0.2, -0.15) is 0 Å². The second-order valence-electron chi connectivity index (χ2n) is 5.28. The minimum Gasteiger partial charge on any atom is -0.392 e. The van der Waals surface area contributed by atoms with E-state index in [1.54, 1.807) is 0 Å². The quantitative estimate of drug-likeness (QED) is 0.702. The van der Waals surface area contributed by atoms with Gasteiger partial charge in [0.25, 0.3) is 0 Å². The molecule has 0 saturated carbocycles.